The summed E-state index contributed by atoms with van der Waals surface area (Å²) >= 11 is 6.55. The van der Waals surface area contributed by atoms with Crippen molar-refractivity contribution in [2.45, 2.75) is 30.9 Å². The van der Waals surface area contributed by atoms with Gasteiger partial charge >= 0.3 is 0 Å². The molecule has 3 aromatic carbocycles. The van der Waals surface area contributed by atoms with Gasteiger partial charge in [-0.3, -0.25) is 4.79 Å². The van der Waals surface area contributed by atoms with E-state index < -0.39 is 23.1 Å². The van der Waals surface area contributed by atoms with Crippen molar-refractivity contribution < 1.29 is 23.0 Å². The summed E-state index contributed by atoms with van der Waals surface area (Å²) < 4.78 is 43.8. The summed E-state index contributed by atoms with van der Waals surface area (Å²) in [6, 6.07) is 12.4. The Hall–Kier alpha value is -3.36. The molecule has 0 aromatic heterocycles. The highest BCUT2D eigenvalue weighted by Gasteiger charge is 2.50. The Kier molecular flexibility index (Phi) is 5.76. The number of nitrogens with zero attached hydrogens (tertiary/aromatic N) is 1. The lowest BCUT2D eigenvalue weighted by Crippen LogP contribution is -2.48. The Balaban J connectivity index is 1.61. The number of hydrogen-bond acceptors (Lipinski definition) is 5. The van der Waals surface area contributed by atoms with Gasteiger partial charge in [-0.05, 0) is 31.0 Å². The van der Waals surface area contributed by atoms with Crippen molar-refractivity contribution in [2.75, 3.05) is 31.6 Å². The summed E-state index contributed by atoms with van der Waals surface area (Å²) in [5.41, 5.74) is 6.51. The van der Waals surface area contributed by atoms with E-state index in [2.05, 4.69) is 5.32 Å². The zero-order chi connectivity index (χ0) is 25.9. The number of nitrogens with two attached hydrogens (primary N) is 1. The Morgan fingerprint density at radius 3 is 2.70 bits per heavy atom. The van der Waals surface area contributed by atoms with Crippen LogP contribution in [0.2, 0.25) is 5.02 Å². The molecule has 3 aliphatic heterocycles. The molecule has 0 bridgehead atoms. The molecular formula is C28H26ClF2N3O3. The molecule has 0 unspecified atom stereocenters. The number of fused-ring (bicyclic) bond motifs is 2. The first-order valence-corrected chi connectivity index (χ1v) is 12.7. The van der Waals surface area contributed by atoms with E-state index in [9.17, 15) is 4.79 Å². The molecule has 3 heterocycles. The first kappa shape index (κ1) is 24.0. The van der Waals surface area contributed by atoms with E-state index in [0.29, 0.717) is 24.2 Å². The van der Waals surface area contributed by atoms with Gasteiger partial charge < -0.3 is 25.4 Å². The van der Waals surface area contributed by atoms with Gasteiger partial charge in [0.15, 0.2) is 17.2 Å². The van der Waals surface area contributed by atoms with Crippen LogP contribution in [0.4, 0.5) is 14.5 Å². The number of hydrogen-bond donors (Lipinski definition) is 2. The number of likely N-dealkylation sites (N-methyl/N-ethyl adjacent to an activating group) is 1. The molecule has 6 rings (SSSR count). The molecule has 3 aromatic rings. The molecule has 0 radical (unpaired) electrons. The van der Waals surface area contributed by atoms with Crippen molar-refractivity contribution in [2.24, 2.45) is 5.73 Å². The summed E-state index contributed by atoms with van der Waals surface area (Å²) in [5, 5.41) is 3.23. The topological polar surface area (TPSA) is 76.8 Å². The van der Waals surface area contributed by atoms with Crippen LogP contribution in [0.5, 0.6) is 11.5 Å². The molecule has 1 amide bonds. The fraction of sp³-hybridized carbons (Fsp3) is 0.321. The molecule has 3 aliphatic rings. The average Bonchev–Trinajstić information content (AvgIpc) is 3.56. The Morgan fingerprint density at radius 1 is 1.22 bits per heavy atom. The van der Waals surface area contributed by atoms with Crippen LogP contribution in [0, 0.1) is 11.6 Å². The van der Waals surface area contributed by atoms with Gasteiger partial charge in [-0.25, -0.2) is 8.78 Å². The molecule has 1 saturated heterocycles. The number of amides is 1. The van der Waals surface area contributed by atoms with Crippen LogP contribution in [0.1, 0.15) is 34.3 Å². The number of halogens is 3. The predicted molar refractivity (Wildman–Crippen MR) is 138 cm³/mol. The summed E-state index contributed by atoms with van der Waals surface area (Å²) in [6.45, 7) is 1.61. The maximum absolute atomic E-state index is 16.2. The van der Waals surface area contributed by atoms with Crippen molar-refractivity contribution in [3.8, 4) is 22.6 Å². The zero-order valence-corrected chi connectivity index (χ0v) is 21.0. The van der Waals surface area contributed by atoms with E-state index in [-0.39, 0.29) is 45.9 Å². The van der Waals surface area contributed by atoms with Gasteiger partial charge in [0.05, 0.1) is 28.9 Å². The minimum atomic E-state index is -0.861. The minimum Gasteiger partial charge on any atom is -0.486 e. The number of carbonyl (C=O) groups excluding carboxylic acids is 1. The number of primary amides is 1. The van der Waals surface area contributed by atoms with E-state index in [1.807, 2.05) is 30.3 Å². The van der Waals surface area contributed by atoms with Crippen molar-refractivity contribution >= 4 is 23.2 Å². The number of carbonyl (C=O) groups is 1. The molecular weight excluding hydrogens is 500 g/mol. The third kappa shape index (κ3) is 3.65. The standard InChI is InChI=1S/C28H26ClF2N3O3/c1-34-10-11-36-26-19(34)12-16(27(32)35)23(25(26)31)22-17-14-28(21-8-5-9-33-21,15-6-3-2-4-7-15)37-20(17)13-18(30)24(22)29/h2-4,6-7,12-13,21,33H,5,8-11,14H2,1H3,(H2,32,35)/t21-,28-/m0/s1. The van der Waals surface area contributed by atoms with E-state index >= 15 is 8.78 Å². The zero-order valence-electron chi connectivity index (χ0n) is 20.2. The molecule has 6 nitrogen and oxygen atoms in total. The van der Waals surface area contributed by atoms with Crippen molar-refractivity contribution in [1.82, 2.24) is 5.32 Å². The highest BCUT2D eigenvalue weighted by molar-refractivity contribution is 6.34. The number of benzene rings is 3. The Morgan fingerprint density at radius 2 is 2.00 bits per heavy atom. The van der Waals surface area contributed by atoms with Crippen LogP contribution in [-0.4, -0.2) is 38.7 Å². The van der Waals surface area contributed by atoms with Crippen LogP contribution in [0.3, 0.4) is 0 Å². The molecule has 192 valence electrons. The Bertz CT molecular complexity index is 1410. The molecule has 0 saturated carbocycles. The van der Waals surface area contributed by atoms with Gasteiger partial charge in [-0.15, -0.1) is 0 Å². The molecule has 37 heavy (non-hydrogen) atoms. The highest BCUT2D eigenvalue weighted by Crippen LogP contribution is 2.53. The van der Waals surface area contributed by atoms with Crippen LogP contribution in [-0.2, 0) is 12.0 Å². The van der Waals surface area contributed by atoms with Crippen LogP contribution in [0.15, 0.2) is 42.5 Å². The fourth-order valence-corrected chi connectivity index (χ4v) is 6.17. The number of anilines is 1. The summed E-state index contributed by atoms with van der Waals surface area (Å²) in [5.74, 6) is -2.18. The van der Waals surface area contributed by atoms with E-state index in [0.717, 1.165) is 24.9 Å². The summed E-state index contributed by atoms with van der Waals surface area (Å²) in [7, 11) is 1.77. The van der Waals surface area contributed by atoms with E-state index in [1.54, 1.807) is 11.9 Å². The number of ether oxygens (including phenoxy) is 2. The van der Waals surface area contributed by atoms with Gasteiger partial charge in [0.2, 0.25) is 5.91 Å². The minimum absolute atomic E-state index is 0.0199. The SMILES string of the molecule is CN1CCOc2c1cc(C(N)=O)c(-c1c(Cl)c(F)cc3c1C[C@](c1ccccc1)([C@@H]1CCCN1)O3)c2F. The van der Waals surface area contributed by atoms with Crippen molar-refractivity contribution in [3.63, 3.8) is 0 Å². The Labute approximate surface area is 218 Å². The van der Waals surface area contributed by atoms with Gasteiger partial charge in [0.1, 0.15) is 18.2 Å². The van der Waals surface area contributed by atoms with Gasteiger partial charge in [0.25, 0.3) is 0 Å². The third-order valence-electron chi connectivity index (χ3n) is 7.70. The molecule has 3 N–H and O–H groups in total. The van der Waals surface area contributed by atoms with Crippen LogP contribution in [0.25, 0.3) is 11.1 Å². The van der Waals surface area contributed by atoms with Crippen LogP contribution >= 0.6 is 11.6 Å². The molecule has 9 heteroatoms. The molecule has 1 fully saturated rings. The van der Waals surface area contributed by atoms with Gasteiger partial charge in [0, 0.05) is 36.2 Å². The largest absolute Gasteiger partial charge is 0.486 e. The maximum atomic E-state index is 16.2. The van der Waals surface area contributed by atoms with E-state index in [1.165, 1.54) is 12.1 Å². The quantitative estimate of drug-likeness (QED) is 0.512. The predicted octanol–water partition coefficient (Wildman–Crippen LogP) is 4.80. The third-order valence-corrected chi connectivity index (χ3v) is 8.07. The number of rotatable bonds is 4. The van der Waals surface area contributed by atoms with E-state index in [4.69, 9.17) is 26.8 Å². The number of nitrogens with one attached hydrogen (secondary N) is 1. The van der Waals surface area contributed by atoms with Gasteiger partial charge in [-0.1, -0.05) is 41.9 Å². The normalized spacial score (nSPS) is 22.3. The molecule has 0 spiro atoms. The lowest BCUT2D eigenvalue weighted by Gasteiger charge is -2.35. The second-order valence-corrected chi connectivity index (χ2v) is 10.2. The summed E-state index contributed by atoms with van der Waals surface area (Å²) in [4.78, 5) is 14.4. The smallest absolute Gasteiger partial charge is 0.249 e. The maximum Gasteiger partial charge on any atom is 0.249 e. The second-order valence-electron chi connectivity index (χ2n) is 9.80. The molecule has 0 aliphatic carbocycles. The lowest BCUT2D eigenvalue weighted by atomic mass is 9.80. The fourth-order valence-electron chi connectivity index (χ4n) is 5.91. The average molecular weight is 526 g/mol. The molecule has 2 atom stereocenters. The van der Waals surface area contributed by atoms with Crippen molar-refractivity contribution in [3.05, 3.63) is 75.8 Å². The summed E-state index contributed by atoms with van der Waals surface area (Å²) in [6.07, 6.45) is 2.13. The lowest BCUT2D eigenvalue weighted by molar-refractivity contribution is 0.0539. The monoisotopic (exact) mass is 525 g/mol. The van der Waals surface area contributed by atoms with Gasteiger partial charge in [-0.2, -0.15) is 0 Å². The first-order chi connectivity index (χ1) is 17.8. The first-order valence-electron chi connectivity index (χ1n) is 12.3. The second kappa shape index (κ2) is 8.89. The highest BCUT2D eigenvalue weighted by atomic mass is 35.5. The van der Waals surface area contributed by atoms with Crippen molar-refractivity contribution in [1.29, 1.82) is 0 Å². The van der Waals surface area contributed by atoms with Crippen LogP contribution < -0.4 is 25.4 Å².